The number of nitrogens with one attached hydrogen (secondary N) is 2. The Balaban J connectivity index is 2.09. The number of benzene rings is 1. The predicted octanol–water partition coefficient (Wildman–Crippen LogP) is 0.500. The Morgan fingerprint density at radius 1 is 1.32 bits per heavy atom. The van der Waals surface area contributed by atoms with E-state index in [4.69, 9.17) is 0 Å². The standard InChI is InChI=1S/C12H10F2N2O3/c13-6-1-2-7(8(14)5-6)11(18)15-9-3-4-10(17)16-12(9)19/h1-2,5,9H,3-4H2,(H,15,18)(H,16,17,19). The van der Waals surface area contributed by atoms with Gasteiger partial charge >= 0.3 is 0 Å². The Bertz CT molecular complexity index is 560. The maximum atomic E-state index is 13.4. The van der Waals surface area contributed by atoms with E-state index in [0.717, 1.165) is 12.1 Å². The normalized spacial score (nSPS) is 18.9. The molecule has 1 fully saturated rings. The molecule has 0 spiro atoms. The second kappa shape index (κ2) is 5.13. The van der Waals surface area contributed by atoms with Crippen LogP contribution in [0.15, 0.2) is 18.2 Å². The Hall–Kier alpha value is -2.31. The molecule has 2 N–H and O–H groups in total. The van der Waals surface area contributed by atoms with Gasteiger partial charge in [0.2, 0.25) is 11.8 Å². The van der Waals surface area contributed by atoms with Crippen molar-refractivity contribution in [1.29, 1.82) is 0 Å². The smallest absolute Gasteiger partial charge is 0.254 e. The van der Waals surface area contributed by atoms with Crippen molar-refractivity contribution in [3.63, 3.8) is 0 Å². The summed E-state index contributed by atoms with van der Waals surface area (Å²) in [6.45, 7) is 0. The van der Waals surface area contributed by atoms with E-state index < -0.39 is 35.4 Å². The molecule has 0 aromatic heterocycles. The summed E-state index contributed by atoms with van der Waals surface area (Å²) in [6.07, 6.45) is 0.252. The van der Waals surface area contributed by atoms with Gasteiger partial charge in [-0.25, -0.2) is 8.78 Å². The minimum Gasteiger partial charge on any atom is -0.340 e. The van der Waals surface area contributed by atoms with Crippen molar-refractivity contribution in [2.75, 3.05) is 0 Å². The van der Waals surface area contributed by atoms with E-state index in [2.05, 4.69) is 10.6 Å². The highest BCUT2D eigenvalue weighted by molar-refractivity contribution is 6.03. The van der Waals surface area contributed by atoms with Crippen LogP contribution in [0.4, 0.5) is 8.78 Å². The van der Waals surface area contributed by atoms with E-state index in [1.165, 1.54) is 0 Å². The molecule has 100 valence electrons. The fourth-order valence-corrected chi connectivity index (χ4v) is 1.74. The topological polar surface area (TPSA) is 75.3 Å². The lowest BCUT2D eigenvalue weighted by atomic mass is 10.1. The Morgan fingerprint density at radius 2 is 2.05 bits per heavy atom. The first-order valence-corrected chi connectivity index (χ1v) is 5.57. The van der Waals surface area contributed by atoms with Crippen molar-refractivity contribution < 1.29 is 23.2 Å². The zero-order chi connectivity index (χ0) is 14.0. The van der Waals surface area contributed by atoms with Gasteiger partial charge in [0, 0.05) is 12.5 Å². The molecule has 1 heterocycles. The third kappa shape index (κ3) is 2.93. The van der Waals surface area contributed by atoms with Crippen molar-refractivity contribution in [2.45, 2.75) is 18.9 Å². The van der Waals surface area contributed by atoms with Gasteiger partial charge in [-0.1, -0.05) is 0 Å². The predicted molar refractivity (Wildman–Crippen MR) is 60.0 cm³/mol. The van der Waals surface area contributed by atoms with E-state index in [-0.39, 0.29) is 18.4 Å². The molecule has 0 aliphatic carbocycles. The third-order valence-corrected chi connectivity index (χ3v) is 2.72. The Kier molecular flexibility index (Phi) is 3.55. The number of amides is 3. The number of halogens is 2. The number of rotatable bonds is 2. The molecule has 1 aromatic carbocycles. The van der Waals surface area contributed by atoms with Gasteiger partial charge < -0.3 is 5.32 Å². The summed E-state index contributed by atoms with van der Waals surface area (Å²) in [7, 11) is 0. The van der Waals surface area contributed by atoms with Crippen LogP contribution in [-0.2, 0) is 9.59 Å². The van der Waals surface area contributed by atoms with Crippen LogP contribution in [0.5, 0.6) is 0 Å². The molecule has 19 heavy (non-hydrogen) atoms. The fourth-order valence-electron chi connectivity index (χ4n) is 1.74. The van der Waals surface area contributed by atoms with Crippen LogP contribution in [0.3, 0.4) is 0 Å². The average Bonchev–Trinajstić information content (AvgIpc) is 2.32. The summed E-state index contributed by atoms with van der Waals surface area (Å²) in [5.41, 5.74) is -0.355. The highest BCUT2D eigenvalue weighted by Crippen LogP contribution is 2.11. The van der Waals surface area contributed by atoms with Gasteiger partial charge in [0.15, 0.2) is 0 Å². The van der Waals surface area contributed by atoms with Gasteiger partial charge in [0.1, 0.15) is 17.7 Å². The van der Waals surface area contributed by atoms with Gasteiger partial charge in [-0.2, -0.15) is 0 Å². The molecule has 1 unspecified atom stereocenters. The molecule has 0 bridgehead atoms. The molecular weight excluding hydrogens is 258 g/mol. The zero-order valence-electron chi connectivity index (χ0n) is 9.70. The van der Waals surface area contributed by atoms with Crippen molar-refractivity contribution in [1.82, 2.24) is 10.6 Å². The molecule has 1 aliphatic heterocycles. The highest BCUT2D eigenvalue weighted by Gasteiger charge is 2.28. The van der Waals surface area contributed by atoms with Gasteiger partial charge in [0.05, 0.1) is 5.56 Å². The van der Waals surface area contributed by atoms with Crippen LogP contribution in [0.25, 0.3) is 0 Å². The lowest BCUT2D eigenvalue weighted by Crippen LogP contribution is -2.52. The summed E-state index contributed by atoms with van der Waals surface area (Å²) in [5, 5.41) is 4.36. The molecule has 1 aliphatic rings. The zero-order valence-corrected chi connectivity index (χ0v) is 9.70. The minimum atomic E-state index is -1.01. The number of carbonyl (C=O) groups is 3. The summed E-state index contributed by atoms with van der Waals surface area (Å²) >= 11 is 0. The Morgan fingerprint density at radius 3 is 2.68 bits per heavy atom. The molecule has 1 saturated heterocycles. The van der Waals surface area contributed by atoms with Gasteiger partial charge in [-0.05, 0) is 18.6 Å². The van der Waals surface area contributed by atoms with Crippen molar-refractivity contribution >= 4 is 17.7 Å². The maximum Gasteiger partial charge on any atom is 0.254 e. The second-order valence-corrected chi connectivity index (χ2v) is 4.10. The summed E-state index contributed by atoms with van der Waals surface area (Å²) in [5.74, 6) is -3.68. The van der Waals surface area contributed by atoms with E-state index in [1.54, 1.807) is 0 Å². The highest BCUT2D eigenvalue weighted by atomic mass is 19.1. The number of hydrogen-bond donors (Lipinski definition) is 2. The lowest BCUT2D eigenvalue weighted by Gasteiger charge is -2.21. The molecule has 3 amide bonds. The molecule has 2 rings (SSSR count). The molecule has 5 nitrogen and oxygen atoms in total. The van der Waals surface area contributed by atoms with Crippen molar-refractivity contribution in [3.05, 3.63) is 35.4 Å². The van der Waals surface area contributed by atoms with Crippen LogP contribution < -0.4 is 10.6 Å². The molecule has 0 saturated carbocycles. The second-order valence-electron chi connectivity index (χ2n) is 4.10. The van der Waals surface area contributed by atoms with Crippen molar-refractivity contribution in [3.8, 4) is 0 Å². The first-order chi connectivity index (χ1) is 8.97. The average molecular weight is 268 g/mol. The van der Waals surface area contributed by atoms with Gasteiger partial charge in [-0.3, -0.25) is 19.7 Å². The van der Waals surface area contributed by atoms with Crippen LogP contribution in [0.2, 0.25) is 0 Å². The number of imide groups is 1. The molecule has 1 atom stereocenters. The van der Waals surface area contributed by atoms with Gasteiger partial charge in [-0.15, -0.1) is 0 Å². The molecule has 0 radical (unpaired) electrons. The summed E-state index contributed by atoms with van der Waals surface area (Å²) < 4.78 is 26.1. The van der Waals surface area contributed by atoms with Crippen molar-refractivity contribution in [2.24, 2.45) is 0 Å². The van der Waals surface area contributed by atoms with Crippen LogP contribution in [-0.4, -0.2) is 23.8 Å². The SMILES string of the molecule is O=C1CCC(NC(=O)c2ccc(F)cc2F)C(=O)N1. The molecular formula is C12H10F2N2O3. The lowest BCUT2D eigenvalue weighted by molar-refractivity contribution is -0.134. The fraction of sp³-hybridized carbons (Fsp3) is 0.250. The molecule has 7 heteroatoms. The maximum absolute atomic E-state index is 13.4. The van der Waals surface area contributed by atoms with Crippen LogP contribution >= 0.6 is 0 Å². The quantitative estimate of drug-likeness (QED) is 0.767. The van der Waals surface area contributed by atoms with E-state index in [9.17, 15) is 23.2 Å². The monoisotopic (exact) mass is 268 g/mol. The summed E-state index contributed by atoms with van der Waals surface area (Å²) in [6, 6.07) is 1.63. The van der Waals surface area contributed by atoms with Gasteiger partial charge in [0.25, 0.3) is 5.91 Å². The van der Waals surface area contributed by atoms with E-state index in [0.29, 0.717) is 6.07 Å². The van der Waals surface area contributed by atoms with Crippen LogP contribution in [0, 0.1) is 11.6 Å². The number of carbonyl (C=O) groups excluding carboxylic acids is 3. The van der Waals surface area contributed by atoms with E-state index >= 15 is 0 Å². The minimum absolute atomic E-state index is 0.0998. The summed E-state index contributed by atoms with van der Waals surface area (Å²) in [4.78, 5) is 34.1. The largest absolute Gasteiger partial charge is 0.340 e. The number of hydrogen-bond acceptors (Lipinski definition) is 3. The molecule has 1 aromatic rings. The third-order valence-electron chi connectivity index (χ3n) is 2.72. The first kappa shape index (κ1) is 13.1. The Labute approximate surface area is 107 Å². The first-order valence-electron chi connectivity index (χ1n) is 5.57. The number of piperidine rings is 1. The van der Waals surface area contributed by atoms with Crippen LogP contribution in [0.1, 0.15) is 23.2 Å². The van der Waals surface area contributed by atoms with E-state index in [1.807, 2.05) is 0 Å².